The van der Waals surface area contributed by atoms with Gasteiger partial charge in [0.1, 0.15) is 5.82 Å². The average Bonchev–Trinajstić information content (AvgIpc) is 2.92. The fourth-order valence-corrected chi connectivity index (χ4v) is 2.37. The van der Waals surface area contributed by atoms with Crippen LogP contribution in [0.25, 0.3) is 0 Å². The summed E-state index contributed by atoms with van der Waals surface area (Å²) in [7, 11) is 0. The van der Waals surface area contributed by atoms with Gasteiger partial charge in [-0.2, -0.15) is 5.10 Å². The Kier molecular flexibility index (Phi) is 3.14. The molecule has 4 heteroatoms. The van der Waals surface area contributed by atoms with E-state index in [1.165, 1.54) is 12.1 Å². The number of hydrogen-bond acceptors (Lipinski definition) is 3. The molecular formula is C16H16FN3. The van der Waals surface area contributed by atoms with Gasteiger partial charge in [-0.3, -0.25) is 5.01 Å². The minimum absolute atomic E-state index is 0.236. The number of halogens is 1. The summed E-state index contributed by atoms with van der Waals surface area (Å²) in [5.74, 6) is -0.236. The largest absolute Gasteiger partial charge is 0.398 e. The first kappa shape index (κ1) is 12.7. The first-order chi connectivity index (χ1) is 9.63. The summed E-state index contributed by atoms with van der Waals surface area (Å²) in [6.07, 6.45) is 0.838. The van der Waals surface area contributed by atoms with E-state index < -0.39 is 0 Å². The molecule has 0 saturated carbocycles. The molecule has 1 heterocycles. The molecule has 0 radical (unpaired) electrons. The highest BCUT2D eigenvalue weighted by molar-refractivity contribution is 6.06. The van der Waals surface area contributed by atoms with Crippen LogP contribution in [0.1, 0.15) is 17.5 Å². The first-order valence-corrected chi connectivity index (χ1v) is 6.60. The molecule has 0 bridgehead atoms. The second-order valence-corrected chi connectivity index (χ2v) is 4.99. The summed E-state index contributed by atoms with van der Waals surface area (Å²) < 4.78 is 12.9. The highest BCUT2D eigenvalue weighted by atomic mass is 19.1. The lowest BCUT2D eigenvalue weighted by Crippen LogP contribution is -2.11. The van der Waals surface area contributed by atoms with Crippen molar-refractivity contribution in [1.82, 2.24) is 0 Å². The van der Waals surface area contributed by atoms with Crippen LogP contribution >= 0.6 is 0 Å². The fourth-order valence-electron chi connectivity index (χ4n) is 2.37. The quantitative estimate of drug-likeness (QED) is 0.850. The Morgan fingerprint density at radius 3 is 2.65 bits per heavy atom. The molecule has 2 aromatic rings. The zero-order valence-electron chi connectivity index (χ0n) is 11.3. The molecule has 0 atom stereocenters. The van der Waals surface area contributed by atoms with Crippen LogP contribution in [0.3, 0.4) is 0 Å². The van der Waals surface area contributed by atoms with Gasteiger partial charge in [-0.05, 0) is 43.3 Å². The van der Waals surface area contributed by atoms with Gasteiger partial charge in [0.25, 0.3) is 0 Å². The van der Waals surface area contributed by atoms with Crippen molar-refractivity contribution in [2.45, 2.75) is 13.3 Å². The molecule has 0 aliphatic carbocycles. The molecule has 102 valence electrons. The average molecular weight is 269 g/mol. The molecule has 0 amide bonds. The molecule has 0 fully saturated rings. The lowest BCUT2D eigenvalue weighted by Gasteiger charge is -2.12. The van der Waals surface area contributed by atoms with Crippen LogP contribution in [0.4, 0.5) is 15.8 Å². The smallest absolute Gasteiger partial charge is 0.123 e. The number of rotatable bonds is 2. The van der Waals surface area contributed by atoms with E-state index in [2.05, 4.69) is 11.2 Å². The van der Waals surface area contributed by atoms with Crippen molar-refractivity contribution in [2.75, 3.05) is 17.3 Å². The Hall–Kier alpha value is -2.36. The van der Waals surface area contributed by atoms with E-state index in [9.17, 15) is 4.39 Å². The zero-order chi connectivity index (χ0) is 14.1. The summed E-state index contributed by atoms with van der Waals surface area (Å²) in [4.78, 5) is 0. The van der Waals surface area contributed by atoms with E-state index in [1.54, 1.807) is 12.1 Å². The topological polar surface area (TPSA) is 41.6 Å². The summed E-state index contributed by atoms with van der Waals surface area (Å²) in [6.45, 7) is 2.82. The molecule has 1 aliphatic rings. The maximum absolute atomic E-state index is 12.9. The molecular weight excluding hydrogens is 253 g/mol. The van der Waals surface area contributed by atoms with Gasteiger partial charge >= 0.3 is 0 Å². The molecule has 0 aromatic heterocycles. The SMILES string of the molecule is Cc1ccc(N)c(C2=NN(c3ccc(F)cc3)CC2)c1. The summed E-state index contributed by atoms with van der Waals surface area (Å²) in [6, 6.07) is 12.3. The monoisotopic (exact) mass is 269 g/mol. The maximum atomic E-state index is 12.9. The van der Waals surface area contributed by atoms with E-state index in [0.29, 0.717) is 0 Å². The van der Waals surface area contributed by atoms with Crippen molar-refractivity contribution in [3.8, 4) is 0 Å². The first-order valence-electron chi connectivity index (χ1n) is 6.60. The Morgan fingerprint density at radius 2 is 1.90 bits per heavy atom. The number of hydrazone groups is 1. The van der Waals surface area contributed by atoms with Crippen LogP contribution < -0.4 is 10.7 Å². The lowest BCUT2D eigenvalue weighted by atomic mass is 10.0. The lowest BCUT2D eigenvalue weighted by molar-refractivity contribution is 0.627. The third kappa shape index (κ3) is 2.37. The van der Waals surface area contributed by atoms with Gasteiger partial charge in [-0.25, -0.2) is 4.39 Å². The van der Waals surface area contributed by atoms with Crippen molar-refractivity contribution >= 4 is 17.1 Å². The van der Waals surface area contributed by atoms with Crippen molar-refractivity contribution in [1.29, 1.82) is 0 Å². The van der Waals surface area contributed by atoms with Crippen LogP contribution in [0.2, 0.25) is 0 Å². The molecule has 3 nitrogen and oxygen atoms in total. The molecule has 2 N–H and O–H groups in total. The molecule has 0 spiro atoms. The normalized spacial score (nSPS) is 14.5. The van der Waals surface area contributed by atoms with E-state index in [0.717, 1.165) is 41.2 Å². The summed E-state index contributed by atoms with van der Waals surface area (Å²) in [5.41, 5.74) is 10.8. The predicted molar refractivity (Wildman–Crippen MR) is 80.5 cm³/mol. The van der Waals surface area contributed by atoms with Crippen molar-refractivity contribution in [2.24, 2.45) is 5.10 Å². The number of nitrogen functional groups attached to an aromatic ring is 1. The third-order valence-electron chi connectivity index (χ3n) is 3.45. The molecule has 0 saturated heterocycles. The summed E-state index contributed by atoms with van der Waals surface area (Å²) in [5, 5.41) is 6.49. The number of anilines is 2. The Morgan fingerprint density at radius 1 is 1.15 bits per heavy atom. The second kappa shape index (κ2) is 4.96. The third-order valence-corrected chi connectivity index (χ3v) is 3.45. The van der Waals surface area contributed by atoms with Gasteiger partial charge in [0.2, 0.25) is 0 Å². The van der Waals surface area contributed by atoms with Crippen molar-refractivity contribution in [3.63, 3.8) is 0 Å². The Labute approximate surface area is 117 Å². The second-order valence-electron chi connectivity index (χ2n) is 4.99. The van der Waals surface area contributed by atoms with Crippen LogP contribution in [0, 0.1) is 12.7 Å². The Balaban J connectivity index is 1.91. The van der Waals surface area contributed by atoms with E-state index >= 15 is 0 Å². The fraction of sp³-hybridized carbons (Fsp3) is 0.188. The molecule has 1 aliphatic heterocycles. The predicted octanol–water partition coefficient (Wildman–Crippen LogP) is 3.33. The zero-order valence-corrected chi connectivity index (χ0v) is 11.3. The number of benzene rings is 2. The Bertz CT molecular complexity index is 662. The van der Waals surface area contributed by atoms with Crippen LogP contribution in [0.15, 0.2) is 47.6 Å². The number of hydrogen-bond donors (Lipinski definition) is 1. The minimum Gasteiger partial charge on any atom is -0.398 e. The maximum Gasteiger partial charge on any atom is 0.123 e. The molecule has 2 aromatic carbocycles. The summed E-state index contributed by atoms with van der Waals surface area (Å²) >= 11 is 0. The van der Waals surface area contributed by atoms with E-state index in [1.807, 2.05) is 24.1 Å². The van der Waals surface area contributed by atoms with Gasteiger partial charge in [-0.15, -0.1) is 0 Å². The highest BCUT2D eigenvalue weighted by Gasteiger charge is 2.19. The van der Waals surface area contributed by atoms with Crippen molar-refractivity contribution < 1.29 is 4.39 Å². The molecule has 20 heavy (non-hydrogen) atoms. The van der Waals surface area contributed by atoms with E-state index in [-0.39, 0.29) is 5.82 Å². The van der Waals surface area contributed by atoms with Gasteiger partial charge in [0.05, 0.1) is 11.4 Å². The minimum atomic E-state index is -0.236. The number of nitrogens with two attached hydrogens (primary N) is 1. The van der Waals surface area contributed by atoms with Crippen molar-refractivity contribution in [3.05, 3.63) is 59.4 Å². The van der Waals surface area contributed by atoms with Crippen LogP contribution in [-0.2, 0) is 0 Å². The van der Waals surface area contributed by atoms with Gasteiger partial charge in [0, 0.05) is 24.2 Å². The molecule has 3 rings (SSSR count). The van der Waals surface area contributed by atoms with E-state index in [4.69, 9.17) is 5.73 Å². The molecule has 0 unspecified atom stereocenters. The number of aryl methyl sites for hydroxylation is 1. The van der Waals surface area contributed by atoms with Gasteiger partial charge in [-0.1, -0.05) is 11.6 Å². The number of nitrogens with zero attached hydrogens (tertiary/aromatic N) is 2. The highest BCUT2D eigenvalue weighted by Crippen LogP contribution is 2.24. The van der Waals surface area contributed by atoms with Crippen LogP contribution in [0.5, 0.6) is 0 Å². The van der Waals surface area contributed by atoms with Gasteiger partial charge < -0.3 is 5.73 Å². The van der Waals surface area contributed by atoms with Crippen LogP contribution in [-0.4, -0.2) is 12.3 Å². The standard InChI is InChI=1S/C16H16FN3/c1-11-2-7-15(18)14(10-11)16-8-9-20(19-16)13-5-3-12(17)4-6-13/h2-7,10H,8-9,18H2,1H3. The van der Waals surface area contributed by atoms with Gasteiger partial charge in [0.15, 0.2) is 0 Å².